The van der Waals surface area contributed by atoms with Crippen molar-refractivity contribution in [1.82, 2.24) is 5.32 Å². The minimum absolute atomic E-state index is 0.0271. The predicted molar refractivity (Wildman–Crippen MR) is 135 cm³/mol. The minimum atomic E-state index is -0.873. The van der Waals surface area contributed by atoms with Gasteiger partial charge in [0.2, 0.25) is 5.91 Å². The molecular weight excluding hydrogens is 474 g/mol. The fourth-order valence-corrected chi connectivity index (χ4v) is 5.51. The van der Waals surface area contributed by atoms with Gasteiger partial charge in [-0.2, -0.15) is 5.26 Å². The topological polar surface area (TPSA) is 138 Å². The molecule has 2 unspecified atom stereocenters. The number of carbonyl (C=O) groups is 3. The number of benzene rings is 2. The summed E-state index contributed by atoms with van der Waals surface area (Å²) in [5.74, 6) is -0.846. The fraction of sp³-hybridized carbons (Fsp3) is 0.429. The van der Waals surface area contributed by atoms with Gasteiger partial charge < -0.3 is 25.2 Å². The normalized spacial score (nSPS) is 21.3. The first kappa shape index (κ1) is 26.2. The number of hydrogen-bond acceptors (Lipinski definition) is 6. The van der Waals surface area contributed by atoms with Gasteiger partial charge >= 0.3 is 5.97 Å². The van der Waals surface area contributed by atoms with Crippen LogP contribution in [0.25, 0.3) is 0 Å². The van der Waals surface area contributed by atoms with E-state index in [2.05, 4.69) is 16.7 Å². The second kappa shape index (κ2) is 11.0. The highest BCUT2D eigenvalue weighted by molar-refractivity contribution is 5.98. The molecule has 1 aliphatic heterocycles. The second-order valence-corrected chi connectivity index (χ2v) is 9.59. The number of aliphatic carboxylic acids is 1. The van der Waals surface area contributed by atoms with Crippen LogP contribution in [0.4, 0.5) is 5.69 Å². The van der Waals surface area contributed by atoms with Crippen LogP contribution < -0.4 is 15.4 Å². The third kappa shape index (κ3) is 5.30. The Balaban J connectivity index is 1.53. The van der Waals surface area contributed by atoms with E-state index < -0.39 is 5.97 Å². The van der Waals surface area contributed by atoms with Crippen LogP contribution in [0.5, 0.6) is 5.75 Å². The molecule has 1 fully saturated rings. The Bertz CT molecular complexity index is 1250. The molecule has 0 radical (unpaired) electrons. The average molecular weight is 506 g/mol. The van der Waals surface area contributed by atoms with Crippen LogP contribution in [-0.4, -0.2) is 49.8 Å². The summed E-state index contributed by atoms with van der Waals surface area (Å²) in [5, 5.41) is 24.1. The SMILES string of the molecule is COCCNC(=O)c1ccc2c(c1)OCC[C@]21C(C)C1C(=O)Nc1cc(C#N)ccc1CCCC(=O)O. The molecule has 1 spiro atoms. The van der Waals surface area contributed by atoms with Gasteiger partial charge in [-0.25, -0.2) is 0 Å². The number of rotatable bonds is 10. The largest absolute Gasteiger partial charge is 0.493 e. The van der Waals surface area contributed by atoms with Crippen molar-refractivity contribution in [3.63, 3.8) is 0 Å². The van der Waals surface area contributed by atoms with Crippen molar-refractivity contribution in [2.24, 2.45) is 11.8 Å². The number of carboxylic acid groups (broad SMARTS) is 1. The summed E-state index contributed by atoms with van der Waals surface area (Å²) in [6.45, 7) is 3.31. The molecule has 2 aliphatic rings. The average Bonchev–Trinajstić information content (AvgIpc) is 3.47. The molecule has 4 rings (SSSR count). The van der Waals surface area contributed by atoms with Gasteiger partial charge in [0.05, 0.1) is 30.8 Å². The highest BCUT2D eigenvalue weighted by Crippen LogP contribution is 2.65. The molecule has 2 aromatic rings. The summed E-state index contributed by atoms with van der Waals surface area (Å²) >= 11 is 0. The van der Waals surface area contributed by atoms with Gasteiger partial charge in [-0.15, -0.1) is 0 Å². The number of methoxy groups -OCH3 is 1. The first-order chi connectivity index (χ1) is 17.8. The zero-order chi connectivity index (χ0) is 26.6. The third-order valence-electron chi connectivity index (χ3n) is 7.48. The molecule has 0 saturated heterocycles. The van der Waals surface area contributed by atoms with Crippen LogP contribution >= 0.6 is 0 Å². The molecule has 2 aromatic carbocycles. The minimum Gasteiger partial charge on any atom is -0.493 e. The van der Waals surface area contributed by atoms with Crippen LogP contribution in [-0.2, 0) is 26.2 Å². The van der Waals surface area contributed by atoms with E-state index in [9.17, 15) is 19.6 Å². The van der Waals surface area contributed by atoms with E-state index in [1.807, 2.05) is 13.0 Å². The molecule has 194 valence electrons. The summed E-state index contributed by atoms with van der Waals surface area (Å²) in [5.41, 5.74) is 2.78. The number of anilines is 1. The Morgan fingerprint density at radius 2 is 2.05 bits per heavy atom. The van der Waals surface area contributed by atoms with Gasteiger partial charge in [-0.1, -0.05) is 19.1 Å². The van der Waals surface area contributed by atoms with Crippen LogP contribution in [0.3, 0.4) is 0 Å². The monoisotopic (exact) mass is 505 g/mol. The summed E-state index contributed by atoms with van der Waals surface area (Å²) in [4.78, 5) is 36.9. The Morgan fingerprint density at radius 3 is 2.78 bits per heavy atom. The third-order valence-corrected chi connectivity index (χ3v) is 7.48. The fourth-order valence-electron chi connectivity index (χ4n) is 5.51. The maximum atomic E-state index is 13.5. The first-order valence-corrected chi connectivity index (χ1v) is 12.4. The standard InChI is InChI=1S/C28H31N3O6/c1-17-25(27(35)31-22-14-18(16-29)6-7-19(22)4-3-5-24(32)33)28(17)10-12-37-23-15-20(8-9-21(23)28)26(34)30-11-13-36-2/h6-9,14-15,17,25H,3-5,10-13H2,1-2H3,(H,30,34)(H,31,35)(H,32,33)/t17?,25?,28-/m0/s1. The van der Waals surface area contributed by atoms with Crippen LogP contribution in [0.2, 0.25) is 0 Å². The zero-order valence-corrected chi connectivity index (χ0v) is 21.0. The quantitative estimate of drug-likeness (QED) is 0.421. The molecule has 1 aliphatic carbocycles. The van der Waals surface area contributed by atoms with Crippen LogP contribution in [0.1, 0.15) is 53.2 Å². The lowest BCUT2D eigenvalue weighted by Gasteiger charge is -2.28. The van der Waals surface area contributed by atoms with E-state index in [-0.39, 0.29) is 35.5 Å². The zero-order valence-electron chi connectivity index (χ0n) is 21.0. The summed E-state index contributed by atoms with van der Waals surface area (Å²) in [7, 11) is 1.57. The number of nitrogens with one attached hydrogen (secondary N) is 2. The van der Waals surface area contributed by atoms with Gasteiger partial charge in [-0.3, -0.25) is 14.4 Å². The van der Waals surface area contributed by atoms with Crippen molar-refractivity contribution in [2.45, 2.75) is 38.0 Å². The van der Waals surface area contributed by atoms with E-state index in [0.29, 0.717) is 61.6 Å². The van der Waals surface area contributed by atoms with Gasteiger partial charge in [0.1, 0.15) is 5.75 Å². The number of amides is 2. The number of fused-ring (bicyclic) bond motifs is 2. The number of carbonyl (C=O) groups excluding carboxylic acids is 2. The Kier molecular flexibility index (Phi) is 7.79. The van der Waals surface area contributed by atoms with E-state index in [0.717, 1.165) is 11.1 Å². The highest BCUT2D eigenvalue weighted by Gasteiger charge is 2.67. The van der Waals surface area contributed by atoms with Gasteiger partial charge in [0, 0.05) is 42.3 Å². The number of ether oxygens (including phenoxy) is 2. The lowest BCUT2D eigenvalue weighted by Crippen LogP contribution is -2.29. The summed E-state index contributed by atoms with van der Waals surface area (Å²) < 4.78 is 10.9. The van der Waals surface area contributed by atoms with Crippen molar-refractivity contribution in [1.29, 1.82) is 5.26 Å². The molecule has 0 bridgehead atoms. The van der Waals surface area contributed by atoms with E-state index >= 15 is 0 Å². The van der Waals surface area contributed by atoms with Crippen LogP contribution in [0.15, 0.2) is 36.4 Å². The van der Waals surface area contributed by atoms with Gasteiger partial charge in [0.25, 0.3) is 5.91 Å². The maximum Gasteiger partial charge on any atom is 0.303 e. The molecule has 37 heavy (non-hydrogen) atoms. The molecule has 2 amide bonds. The van der Waals surface area contributed by atoms with Crippen molar-refractivity contribution in [3.8, 4) is 11.8 Å². The Morgan fingerprint density at radius 1 is 1.24 bits per heavy atom. The molecule has 3 atom stereocenters. The molecule has 3 N–H and O–H groups in total. The molecule has 9 heteroatoms. The van der Waals surface area contributed by atoms with Crippen molar-refractivity contribution < 1.29 is 29.0 Å². The number of carboxylic acids is 1. The molecule has 1 saturated carbocycles. The molecular formula is C28H31N3O6. The second-order valence-electron chi connectivity index (χ2n) is 9.59. The Hall–Kier alpha value is -3.90. The van der Waals surface area contributed by atoms with E-state index in [1.165, 1.54) is 0 Å². The predicted octanol–water partition coefficient (Wildman–Crippen LogP) is 3.27. The van der Waals surface area contributed by atoms with Crippen molar-refractivity contribution in [2.75, 3.05) is 32.2 Å². The number of nitriles is 1. The maximum absolute atomic E-state index is 13.5. The lowest BCUT2D eigenvalue weighted by atomic mass is 9.85. The highest BCUT2D eigenvalue weighted by atomic mass is 16.5. The number of aryl methyl sites for hydroxylation is 1. The van der Waals surface area contributed by atoms with Crippen LogP contribution in [0, 0.1) is 23.2 Å². The summed E-state index contributed by atoms with van der Waals surface area (Å²) in [6, 6.07) is 12.5. The number of nitrogens with zero attached hydrogens (tertiary/aromatic N) is 1. The van der Waals surface area contributed by atoms with E-state index in [1.54, 1.807) is 37.4 Å². The van der Waals surface area contributed by atoms with Gasteiger partial charge in [0.15, 0.2) is 0 Å². The molecule has 9 nitrogen and oxygen atoms in total. The molecule has 0 aromatic heterocycles. The lowest BCUT2D eigenvalue weighted by molar-refractivity contribution is -0.137. The molecule has 1 heterocycles. The number of hydrogen-bond donors (Lipinski definition) is 3. The smallest absolute Gasteiger partial charge is 0.303 e. The van der Waals surface area contributed by atoms with Crippen molar-refractivity contribution >= 4 is 23.5 Å². The van der Waals surface area contributed by atoms with Crippen molar-refractivity contribution in [3.05, 3.63) is 58.7 Å². The first-order valence-electron chi connectivity index (χ1n) is 12.4. The Labute approximate surface area is 215 Å². The van der Waals surface area contributed by atoms with Gasteiger partial charge in [-0.05, 0) is 55.0 Å². The van der Waals surface area contributed by atoms with E-state index in [4.69, 9.17) is 14.6 Å². The summed E-state index contributed by atoms with van der Waals surface area (Å²) in [6.07, 6.45) is 1.62.